The highest BCUT2D eigenvalue weighted by Crippen LogP contribution is 2.31. The molecule has 0 heterocycles. The summed E-state index contributed by atoms with van der Waals surface area (Å²) in [5.74, 6) is -0.0368. The molecular formula is C7H12F3NO2. The molecule has 6 heteroatoms. The Morgan fingerprint density at radius 2 is 2.00 bits per heavy atom. The van der Waals surface area contributed by atoms with Gasteiger partial charge in [-0.3, -0.25) is 0 Å². The van der Waals surface area contributed by atoms with E-state index in [9.17, 15) is 13.2 Å². The number of nitrogens with two attached hydrogens (primary N) is 1. The van der Waals surface area contributed by atoms with Gasteiger partial charge in [0.15, 0.2) is 5.60 Å². The average Bonchev–Trinajstić information content (AvgIpc) is 2.02. The molecule has 0 aromatic heterocycles. The molecule has 0 radical (unpaired) electrons. The first-order valence-electron chi connectivity index (χ1n) is 3.49. The van der Waals surface area contributed by atoms with Crippen molar-refractivity contribution in [1.29, 1.82) is 0 Å². The molecule has 78 valence electrons. The fourth-order valence-electron chi connectivity index (χ4n) is 0.652. The lowest BCUT2D eigenvalue weighted by Crippen LogP contribution is -2.49. The predicted octanol–water partition coefficient (Wildman–Crippen LogP) is 0.789. The molecule has 0 amide bonds. The molecule has 0 saturated heterocycles. The summed E-state index contributed by atoms with van der Waals surface area (Å²) in [6, 6.07) is 0. The third kappa shape index (κ3) is 2.89. The van der Waals surface area contributed by atoms with Crippen molar-refractivity contribution in [3.63, 3.8) is 0 Å². The summed E-state index contributed by atoms with van der Waals surface area (Å²) < 4.78 is 41.0. The normalized spacial score (nSPS) is 18.2. The van der Waals surface area contributed by atoms with Crippen LogP contribution in [0.1, 0.15) is 6.92 Å². The first-order chi connectivity index (χ1) is 5.77. The molecule has 3 nitrogen and oxygen atoms in total. The van der Waals surface area contributed by atoms with Crippen LogP contribution in [0.4, 0.5) is 13.2 Å². The van der Waals surface area contributed by atoms with E-state index in [0.717, 1.165) is 0 Å². The number of ether oxygens (including phenoxy) is 1. The summed E-state index contributed by atoms with van der Waals surface area (Å²) in [4.78, 5) is 0. The first-order valence-corrected chi connectivity index (χ1v) is 3.49. The highest BCUT2D eigenvalue weighted by Gasteiger charge is 2.51. The van der Waals surface area contributed by atoms with E-state index in [0.29, 0.717) is 6.08 Å². The summed E-state index contributed by atoms with van der Waals surface area (Å²) in [7, 11) is 1.21. The SMILES string of the molecule is CO/C(C)=C/[C@](O)(CN)C(F)(F)F. The zero-order valence-corrected chi connectivity index (χ0v) is 7.35. The smallest absolute Gasteiger partial charge is 0.422 e. The van der Waals surface area contributed by atoms with Crippen LogP contribution in [0.3, 0.4) is 0 Å². The summed E-state index contributed by atoms with van der Waals surface area (Å²) in [6.07, 6.45) is -4.24. The summed E-state index contributed by atoms with van der Waals surface area (Å²) in [5, 5.41) is 9.05. The standard InChI is InChI=1S/C7H12F3NO2/c1-5(13-2)3-6(12,4-11)7(8,9)10/h3,12H,4,11H2,1-2H3/b5-3+/t6-/m0/s1. The van der Waals surface area contributed by atoms with E-state index in [4.69, 9.17) is 10.8 Å². The van der Waals surface area contributed by atoms with Crippen LogP contribution in [0.5, 0.6) is 0 Å². The molecule has 0 aliphatic carbocycles. The van der Waals surface area contributed by atoms with Crippen LogP contribution >= 0.6 is 0 Å². The van der Waals surface area contributed by atoms with Gasteiger partial charge >= 0.3 is 6.18 Å². The molecule has 0 spiro atoms. The molecule has 0 fully saturated rings. The average molecular weight is 199 g/mol. The lowest BCUT2D eigenvalue weighted by Gasteiger charge is -2.26. The second kappa shape index (κ2) is 3.97. The minimum absolute atomic E-state index is 0.0368. The Balaban J connectivity index is 4.86. The van der Waals surface area contributed by atoms with Crippen LogP contribution in [0, 0.1) is 0 Å². The Labute approximate surface area is 74.0 Å². The van der Waals surface area contributed by atoms with Crippen molar-refractivity contribution < 1.29 is 23.0 Å². The number of hydrogen-bond acceptors (Lipinski definition) is 3. The van der Waals surface area contributed by atoms with Gasteiger partial charge in [0.1, 0.15) is 0 Å². The summed E-state index contributed by atoms with van der Waals surface area (Å²) in [5.41, 5.74) is 1.82. The van der Waals surface area contributed by atoms with Gasteiger partial charge in [-0.2, -0.15) is 13.2 Å². The Morgan fingerprint density at radius 3 is 2.23 bits per heavy atom. The zero-order valence-electron chi connectivity index (χ0n) is 7.35. The number of alkyl halides is 3. The maximum Gasteiger partial charge on any atom is 0.422 e. The second-order valence-electron chi connectivity index (χ2n) is 2.59. The maximum atomic E-state index is 12.2. The number of halogens is 3. The van der Waals surface area contributed by atoms with E-state index < -0.39 is 18.3 Å². The monoisotopic (exact) mass is 199 g/mol. The van der Waals surface area contributed by atoms with E-state index in [2.05, 4.69) is 4.74 Å². The maximum absolute atomic E-state index is 12.2. The van der Waals surface area contributed by atoms with E-state index in [1.807, 2.05) is 0 Å². The molecule has 1 atom stereocenters. The van der Waals surface area contributed by atoms with Crippen LogP contribution in [0.2, 0.25) is 0 Å². The fraction of sp³-hybridized carbons (Fsp3) is 0.714. The van der Waals surface area contributed by atoms with E-state index in [1.165, 1.54) is 14.0 Å². The van der Waals surface area contributed by atoms with Gasteiger partial charge in [0, 0.05) is 6.54 Å². The Bertz CT molecular complexity index is 202. The molecule has 3 N–H and O–H groups in total. The van der Waals surface area contributed by atoms with Gasteiger partial charge in [0.05, 0.1) is 12.9 Å². The number of methoxy groups -OCH3 is 1. The van der Waals surface area contributed by atoms with Gasteiger partial charge in [-0.25, -0.2) is 0 Å². The van der Waals surface area contributed by atoms with Crippen molar-refractivity contribution in [3.8, 4) is 0 Å². The van der Waals surface area contributed by atoms with Gasteiger partial charge in [-0.05, 0) is 13.0 Å². The minimum atomic E-state index is -4.79. The van der Waals surface area contributed by atoms with Gasteiger partial charge in [0.2, 0.25) is 0 Å². The van der Waals surface area contributed by atoms with Gasteiger partial charge in [-0.15, -0.1) is 0 Å². The van der Waals surface area contributed by atoms with Crippen LogP contribution in [0.25, 0.3) is 0 Å². The van der Waals surface area contributed by atoms with Crippen molar-refractivity contribution in [3.05, 3.63) is 11.8 Å². The van der Waals surface area contributed by atoms with Crippen LogP contribution in [0.15, 0.2) is 11.8 Å². The van der Waals surface area contributed by atoms with Crippen LogP contribution in [-0.2, 0) is 4.74 Å². The van der Waals surface area contributed by atoms with Gasteiger partial charge < -0.3 is 15.6 Å². The molecule has 0 aliphatic rings. The van der Waals surface area contributed by atoms with Crippen molar-refractivity contribution in [2.24, 2.45) is 5.73 Å². The number of hydrogen-bond donors (Lipinski definition) is 2. The molecule has 0 rings (SSSR count). The molecule has 0 aromatic carbocycles. The molecule has 13 heavy (non-hydrogen) atoms. The third-order valence-corrected chi connectivity index (χ3v) is 1.57. The highest BCUT2D eigenvalue weighted by molar-refractivity contribution is 5.09. The Hall–Kier alpha value is -0.750. The number of aliphatic hydroxyl groups is 1. The molecule has 0 aliphatic heterocycles. The molecular weight excluding hydrogens is 187 g/mol. The molecule has 0 unspecified atom stereocenters. The second-order valence-corrected chi connectivity index (χ2v) is 2.59. The first kappa shape index (κ1) is 12.2. The summed E-state index contributed by atoms with van der Waals surface area (Å²) in [6.45, 7) is 0.365. The van der Waals surface area contributed by atoms with E-state index in [-0.39, 0.29) is 5.76 Å². The molecule has 0 aromatic rings. The van der Waals surface area contributed by atoms with Gasteiger partial charge in [-0.1, -0.05) is 0 Å². The zero-order chi connectivity index (χ0) is 10.7. The minimum Gasteiger partial charge on any atom is -0.502 e. The van der Waals surface area contributed by atoms with Crippen LogP contribution < -0.4 is 5.73 Å². The fourth-order valence-corrected chi connectivity index (χ4v) is 0.652. The highest BCUT2D eigenvalue weighted by atomic mass is 19.4. The van der Waals surface area contributed by atoms with Crippen molar-refractivity contribution in [2.75, 3.05) is 13.7 Å². The lowest BCUT2D eigenvalue weighted by atomic mass is 10.0. The number of rotatable bonds is 3. The predicted molar refractivity (Wildman–Crippen MR) is 40.8 cm³/mol. The quantitative estimate of drug-likeness (QED) is 0.660. The third-order valence-electron chi connectivity index (χ3n) is 1.57. The molecule has 0 saturated carbocycles. The van der Waals surface area contributed by atoms with E-state index >= 15 is 0 Å². The Kier molecular flexibility index (Phi) is 3.74. The Morgan fingerprint density at radius 1 is 1.54 bits per heavy atom. The largest absolute Gasteiger partial charge is 0.502 e. The summed E-state index contributed by atoms with van der Waals surface area (Å²) >= 11 is 0. The van der Waals surface area contributed by atoms with Crippen LogP contribution in [-0.4, -0.2) is 30.5 Å². The topological polar surface area (TPSA) is 55.5 Å². The van der Waals surface area contributed by atoms with Crippen molar-refractivity contribution in [2.45, 2.75) is 18.7 Å². The van der Waals surface area contributed by atoms with Crippen molar-refractivity contribution >= 4 is 0 Å². The van der Waals surface area contributed by atoms with E-state index in [1.54, 1.807) is 0 Å². The number of allylic oxidation sites excluding steroid dienone is 1. The lowest BCUT2D eigenvalue weighted by molar-refractivity contribution is -0.236. The van der Waals surface area contributed by atoms with Gasteiger partial charge in [0.25, 0.3) is 0 Å². The molecule has 0 bridgehead atoms. The van der Waals surface area contributed by atoms with Crippen molar-refractivity contribution in [1.82, 2.24) is 0 Å².